The Kier molecular flexibility index (Phi) is 7.06. The minimum Gasteiger partial charge on any atom is -0.493 e. The normalized spacial score (nSPS) is 16.8. The number of ether oxygens (including phenoxy) is 3. The van der Waals surface area contributed by atoms with Crippen LogP contribution in [0.4, 0.5) is 5.69 Å². The lowest BCUT2D eigenvalue weighted by molar-refractivity contribution is -0.121. The molecule has 1 N–H and O–H groups in total. The second-order valence-corrected chi connectivity index (χ2v) is 8.75. The number of anilines is 1. The van der Waals surface area contributed by atoms with Gasteiger partial charge in [-0.1, -0.05) is 50.3 Å². The molecular weight excluding hydrogens is 420 g/mol. The summed E-state index contributed by atoms with van der Waals surface area (Å²) in [4.78, 5) is 28.5. The van der Waals surface area contributed by atoms with Crippen LogP contribution >= 0.6 is 0 Å². The first kappa shape index (κ1) is 23.0. The van der Waals surface area contributed by atoms with Gasteiger partial charge in [-0.3, -0.25) is 9.59 Å². The second kappa shape index (κ2) is 10.1. The number of amides is 2. The number of hydrogen-bond donors (Lipinski definition) is 1. The Balaban J connectivity index is 1.60. The predicted octanol–water partition coefficient (Wildman–Crippen LogP) is 4.65. The maximum atomic E-state index is 13.6. The second-order valence-electron chi connectivity index (χ2n) is 8.75. The molecule has 0 bridgehead atoms. The van der Waals surface area contributed by atoms with Crippen molar-refractivity contribution in [3.8, 4) is 17.2 Å². The van der Waals surface area contributed by atoms with Gasteiger partial charge in [-0.25, -0.2) is 0 Å². The molecule has 2 amide bonds. The number of fused-ring (bicyclic) bond motifs is 1. The molecule has 2 aliphatic rings. The van der Waals surface area contributed by atoms with E-state index in [2.05, 4.69) is 5.32 Å². The summed E-state index contributed by atoms with van der Waals surface area (Å²) in [6.07, 6.45) is 6.47. The zero-order chi connectivity index (χ0) is 23.4. The Morgan fingerprint density at radius 2 is 1.70 bits per heavy atom. The number of nitrogens with one attached hydrogen (secondary N) is 1. The van der Waals surface area contributed by atoms with Gasteiger partial charge in [-0.15, -0.1) is 0 Å². The quantitative estimate of drug-likeness (QED) is 0.631. The molecule has 1 atom stereocenters. The summed E-state index contributed by atoms with van der Waals surface area (Å²) < 4.78 is 16.2. The molecule has 0 spiro atoms. The highest BCUT2D eigenvalue weighted by molar-refractivity contribution is 6.03. The van der Waals surface area contributed by atoms with Crippen molar-refractivity contribution in [2.45, 2.75) is 51.1 Å². The third kappa shape index (κ3) is 4.77. The predicted molar refractivity (Wildman–Crippen MR) is 126 cm³/mol. The van der Waals surface area contributed by atoms with Crippen LogP contribution in [0.1, 0.15) is 54.4 Å². The van der Waals surface area contributed by atoms with E-state index in [1.165, 1.54) is 40.6 Å². The summed E-state index contributed by atoms with van der Waals surface area (Å²) in [7, 11) is 4.61. The highest BCUT2D eigenvalue weighted by Gasteiger charge is 2.37. The van der Waals surface area contributed by atoms with Gasteiger partial charge in [0, 0.05) is 29.9 Å². The van der Waals surface area contributed by atoms with Crippen molar-refractivity contribution in [1.29, 1.82) is 0 Å². The molecule has 0 aromatic heterocycles. The summed E-state index contributed by atoms with van der Waals surface area (Å²) in [5.74, 6) is 1.54. The van der Waals surface area contributed by atoms with Gasteiger partial charge in [0.25, 0.3) is 5.91 Å². The van der Waals surface area contributed by atoms with Gasteiger partial charge in [0.15, 0.2) is 11.5 Å². The maximum absolute atomic E-state index is 13.6. The summed E-state index contributed by atoms with van der Waals surface area (Å²) in [5, 5.41) is 3.01. The number of hydrogen-bond acceptors (Lipinski definition) is 5. The van der Waals surface area contributed by atoms with Gasteiger partial charge in [0.1, 0.15) is 6.04 Å². The Bertz CT molecular complexity index is 990. The minimum atomic E-state index is -0.549. The minimum absolute atomic E-state index is 0.0774. The standard InChI is InChI=1S/C26H32N2O5/c1-31-22-14-19(15-23(32-2)24(22)33-3)27-25(29)21(13-17-9-5-4-6-10-17)28-16-18-11-7-8-12-20(18)26(28)30/h7-8,11-12,14-15,17,21H,4-6,9-10,13,16H2,1-3H3,(H,27,29). The largest absolute Gasteiger partial charge is 0.493 e. The lowest BCUT2D eigenvalue weighted by Gasteiger charge is -2.31. The Morgan fingerprint density at radius 1 is 1.03 bits per heavy atom. The average Bonchev–Trinajstić information content (AvgIpc) is 3.18. The zero-order valence-corrected chi connectivity index (χ0v) is 19.6. The number of rotatable bonds is 8. The summed E-state index contributed by atoms with van der Waals surface area (Å²) in [6, 6.07) is 10.5. The van der Waals surface area contributed by atoms with Crippen LogP contribution in [0.15, 0.2) is 36.4 Å². The van der Waals surface area contributed by atoms with Gasteiger partial charge in [-0.2, -0.15) is 0 Å². The monoisotopic (exact) mass is 452 g/mol. The molecule has 176 valence electrons. The highest BCUT2D eigenvalue weighted by atomic mass is 16.5. The molecule has 7 heteroatoms. The fraction of sp³-hybridized carbons (Fsp3) is 0.462. The number of methoxy groups -OCH3 is 3. The van der Waals surface area contributed by atoms with Gasteiger partial charge in [0.05, 0.1) is 21.3 Å². The van der Waals surface area contributed by atoms with Crippen LogP contribution < -0.4 is 19.5 Å². The van der Waals surface area contributed by atoms with E-state index in [9.17, 15) is 9.59 Å². The van der Waals surface area contributed by atoms with Crippen molar-refractivity contribution in [3.63, 3.8) is 0 Å². The SMILES string of the molecule is COc1cc(NC(=O)C(CC2CCCCC2)N2Cc3ccccc3C2=O)cc(OC)c1OC. The molecule has 0 radical (unpaired) electrons. The van der Waals surface area contributed by atoms with Crippen molar-refractivity contribution >= 4 is 17.5 Å². The van der Waals surface area contributed by atoms with E-state index in [1.807, 2.05) is 24.3 Å². The first-order chi connectivity index (χ1) is 16.0. The number of carbonyl (C=O) groups is 2. The highest BCUT2D eigenvalue weighted by Crippen LogP contribution is 2.40. The molecule has 1 aliphatic heterocycles. The molecule has 2 aromatic carbocycles. The third-order valence-corrected chi connectivity index (χ3v) is 6.74. The van der Waals surface area contributed by atoms with Crippen LogP contribution in [0.2, 0.25) is 0 Å². The van der Waals surface area contributed by atoms with Gasteiger partial charge in [0.2, 0.25) is 11.7 Å². The fourth-order valence-corrected chi connectivity index (χ4v) is 5.02. The number of carbonyl (C=O) groups excluding carboxylic acids is 2. The van der Waals surface area contributed by atoms with E-state index < -0.39 is 6.04 Å². The maximum Gasteiger partial charge on any atom is 0.255 e. The summed E-state index contributed by atoms with van der Waals surface area (Å²) >= 11 is 0. The molecule has 1 heterocycles. The lowest BCUT2D eigenvalue weighted by Crippen LogP contribution is -2.45. The first-order valence-electron chi connectivity index (χ1n) is 11.6. The smallest absolute Gasteiger partial charge is 0.255 e. The number of nitrogens with zero attached hydrogens (tertiary/aromatic N) is 1. The molecule has 1 unspecified atom stereocenters. The van der Waals surface area contributed by atoms with Crippen LogP contribution in [-0.2, 0) is 11.3 Å². The summed E-state index contributed by atoms with van der Waals surface area (Å²) in [5.41, 5.74) is 2.19. The third-order valence-electron chi connectivity index (χ3n) is 6.74. The van der Waals surface area contributed by atoms with Crippen LogP contribution in [0, 0.1) is 5.92 Å². The van der Waals surface area contributed by atoms with E-state index in [-0.39, 0.29) is 11.8 Å². The molecule has 2 aromatic rings. The van der Waals surface area contributed by atoms with Gasteiger partial charge in [-0.05, 0) is 24.0 Å². The Morgan fingerprint density at radius 3 is 2.30 bits per heavy atom. The van der Waals surface area contributed by atoms with Crippen molar-refractivity contribution in [3.05, 3.63) is 47.5 Å². The Labute approximate surface area is 195 Å². The first-order valence-corrected chi connectivity index (χ1v) is 11.6. The molecule has 1 aliphatic carbocycles. The molecule has 4 rings (SSSR count). The van der Waals surface area contributed by atoms with Crippen molar-refractivity contribution in [2.75, 3.05) is 26.6 Å². The van der Waals surface area contributed by atoms with Gasteiger partial charge < -0.3 is 24.4 Å². The average molecular weight is 453 g/mol. The molecule has 1 saturated carbocycles. The Hall–Kier alpha value is -3.22. The zero-order valence-electron chi connectivity index (χ0n) is 19.6. The lowest BCUT2D eigenvalue weighted by atomic mass is 9.84. The van der Waals surface area contributed by atoms with E-state index in [4.69, 9.17) is 14.2 Å². The van der Waals surface area contributed by atoms with Crippen molar-refractivity contribution < 1.29 is 23.8 Å². The van der Waals surface area contributed by atoms with Gasteiger partial charge >= 0.3 is 0 Å². The van der Waals surface area contributed by atoms with Crippen LogP contribution in [0.25, 0.3) is 0 Å². The molecule has 7 nitrogen and oxygen atoms in total. The topological polar surface area (TPSA) is 77.1 Å². The molecule has 33 heavy (non-hydrogen) atoms. The van der Waals surface area contributed by atoms with Crippen molar-refractivity contribution in [1.82, 2.24) is 4.90 Å². The van der Waals surface area contributed by atoms with E-state index in [0.29, 0.717) is 47.4 Å². The van der Waals surface area contributed by atoms with Crippen LogP contribution in [0.3, 0.4) is 0 Å². The van der Waals surface area contributed by atoms with E-state index in [0.717, 1.165) is 18.4 Å². The number of benzene rings is 2. The van der Waals surface area contributed by atoms with E-state index >= 15 is 0 Å². The summed E-state index contributed by atoms with van der Waals surface area (Å²) in [6.45, 7) is 0.453. The molecule has 1 fully saturated rings. The molecule has 0 saturated heterocycles. The fourth-order valence-electron chi connectivity index (χ4n) is 5.02. The molecular formula is C26H32N2O5. The van der Waals surface area contributed by atoms with Crippen LogP contribution in [-0.4, -0.2) is 44.1 Å². The van der Waals surface area contributed by atoms with E-state index in [1.54, 1.807) is 17.0 Å². The van der Waals surface area contributed by atoms with Crippen LogP contribution in [0.5, 0.6) is 17.2 Å². The van der Waals surface area contributed by atoms with Crippen molar-refractivity contribution in [2.24, 2.45) is 5.92 Å².